The van der Waals surface area contributed by atoms with Crippen molar-refractivity contribution in [2.45, 2.75) is 26.7 Å². The van der Waals surface area contributed by atoms with Crippen molar-refractivity contribution < 1.29 is 14.3 Å². The van der Waals surface area contributed by atoms with Crippen molar-refractivity contribution in [3.8, 4) is 5.75 Å². The minimum Gasteiger partial charge on any atom is -0.497 e. The molecule has 136 valence electrons. The molecular formula is C21H24N2O3. The van der Waals surface area contributed by atoms with Crippen LogP contribution >= 0.6 is 0 Å². The largest absolute Gasteiger partial charge is 0.497 e. The maximum absolute atomic E-state index is 12.8. The van der Waals surface area contributed by atoms with E-state index in [1.54, 1.807) is 12.0 Å². The van der Waals surface area contributed by atoms with Crippen LogP contribution in [-0.4, -0.2) is 25.5 Å². The summed E-state index contributed by atoms with van der Waals surface area (Å²) in [6.07, 6.45) is 1.06. The molecule has 0 radical (unpaired) electrons. The smallest absolute Gasteiger partial charge is 0.229 e. The SMILES string of the molecule is CCc1cccc(C)c1NC(=O)[C@H]1CC(=O)N(c2cccc(OC)c2)C1. The maximum Gasteiger partial charge on any atom is 0.229 e. The summed E-state index contributed by atoms with van der Waals surface area (Å²) in [6, 6.07) is 13.3. The second kappa shape index (κ2) is 7.60. The molecule has 1 aliphatic heterocycles. The normalized spacial score (nSPS) is 16.7. The molecular weight excluding hydrogens is 328 g/mol. The van der Waals surface area contributed by atoms with Crippen molar-refractivity contribution >= 4 is 23.2 Å². The summed E-state index contributed by atoms with van der Waals surface area (Å²) in [6.45, 7) is 4.43. The summed E-state index contributed by atoms with van der Waals surface area (Å²) in [4.78, 5) is 26.9. The minimum absolute atomic E-state index is 0.0427. The lowest BCUT2D eigenvalue weighted by molar-refractivity contribution is -0.122. The molecule has 3 rings (SSSR count). The van der Waals surface area contributed by atoms with E-state index in [1.807, 2.05) is 49.4 Å². The van der Waals surface area contributed by atoms with Crippen molar-refractivity contribution in [3.63, 3.8) is 0 Å². The number of hydrogen-bond donors (Lipinski definition) is 1. The van der Waals surface area contributed by atoms with Crippen LogP contribution in [0.1, 0.15) is 24.5 Å². The number of methoxy groups -OCH3 is 1. The average molecular weight is 352 g/mol. The van der Waals surface area contributed by atoms with Crippen LogP contribution in [0, 0.1) is 12.8 Å². The van der Waals surface area contributed by atoms with Crippen molar-refractivity contribution in [2.75, 3.05) is 23.9 Å². The lowest BCUT2D eigenvalue weighted by Gasteiger charge is -2.18. The van der Waals surface area contributed by atoms with Crippen LogP contribution in [0.15, 0.2) is 42.5 Å². The quantitative estimate of drug-likeness (QED) is 0.895. The molecule has 5 nitrogen and oxygen atoms in total. The van der Waals surface area contributed by atoms with Crippen molar-refractivity contribution in [1.82, 2.24) is 0 Å². The zero-order chi connectivity index (χ0) is 18.7. The molecule has 0 bridgehead atoms. The van der Waals surface area contributed by atoms with Gasteiger partial charge in [-0.05, 0) is 36.6 Å². The first-order valence-electron chi connectivity index (χ1n) is 8.87. The number of carbonyl (C=O) groups is 2. The molecule has 2 aromatic rings. The number of carbonyl (C=O) groups excluding carboxylic acids is 2. The first kappa shape index (κ1) is 18.0. The Balaban J connectivity index is 1.75. The molecule has 1 aliphatic rings. The Hall–Kier alpha value is -2.82. The van der Waals surface area contributed by atoms with Gasteiger partial charge in [-0.2, -0.15) is 0 Å². The Morgan fingerprint density at radius 2 is 2.04 bits per heavy atom. The number of nitrogens with zero attached hydrogens (tertiary/aromatic N) is 1. The Labute approximate surface area is 154 Å². The second-order valence-electron chi connectivity index (χ2n) is 6.56. The summed E-state index contributed by atoms with van der Waals surface area (Å²) in [7, 11) is 1.59. The van der Waals surface area contributed by atoms with Gasteiger partial charge in [0, 0.05) is 30.4 Å². The van der Waals surface area contributed by atoms with Crippen LogP contribution < -0.4 is 15.0 Å². The van der Waals surface area contributed by atoms with Gasteiger partial charge in [-0.3, -0.25) is 9.59 Å². The number of hydrogen-bond acceptors (Lipinski definition) is 3. The van der Waals surface area contributed by atoms with Crippen LogP contribution in [0.2, 0.25) is 0 Å². The van der Waals surface area contributed by atoms with E-state index in [2.05, 4.69) is 12.2 Å². The molecule has 0 aliphatic carbocycles. The van der Waals surface area contributed by atoms with Crippen LogP contribution in [0.4, 0.5) is 11.4 Å². The fourth-order valence-electron chi connectivity index (χ4n) is 3.34. The van der Waals surface area contributed by atoms with Gasteiger partial charge in [0.1, 0.15) is 5.75 Å². The minimum atomic E-state index is -0.363. The molecule has 26 heavy (non-hydrogen) atoms. The molecule has 0 aromatic heterocycles. The van der Waals surface area contributed by atoms with E-state index in [-0.39, 0.29) is 24.2 Å². The van der Waals surface area contributed by atoms with E-state index in [9.17, 15) is 9.59 Å². The predicted molar refractivity (Wildman–Crippen MR) is 103 cm³/mol. The molecule has 5 heteroatoms. The molecule has 1 heterocycles. The molecule has 1 atom stereocenters. The highest BCUT2D eigenvalue weighted by Gasteiger charge is 2.35. The standard InChI is InChI=1S/C21H24N2O3/c1-4-15-8-5-7-14(2)20(15)22-21(25)16-11-19(24)23(13-16)17-9-6-10-18(12-17)26-3/h5-10,12,16H,4,11,13H2,1-3H3,(H,22,25)/t16-/m0/s1. The van der Waals surface area contributed by atoms with Gasteiger partial charge in [0.25, 0.3) is 0 Å². The van der Waals surface area contributed by atoms with Gasteiger partial charge in [-0.1, -0.05) is 31.2 Å². The van der Waals surface area contributed by atoms with Gasteiger partial charge in [0.05, 0.1) is 13.0 Å². The highest BCUT2D eigenvalue weighted by molar-refractivity contribution is 6.04. The van der Waals surface area contributed by atoms with E-state index < -0.39 is 0 Å². The van der Waals surface area contributed by atoms with Gasteiger partial charge in [0.2, 0.25) is 11.8 Å². The first-order chi connectivity index (χ1) is 12.5. The summed E-state index contributed by atoms with van der Waals surface area (Å²) >= 11 is 0. The Kier molecular flexibility index (Phi) is 5.26. The van der Waals surface area contributed by atoms with E-state index in [0.717, 1.165) is 28.9 Å². The van der Waals surface area contributed by atoms with E-state index in [0.29, 0.717) is 12.3 Å². The summed E-state index contributed by atoms with van der Waals surface area (Å²) in [5, 5.41) is 3.04. The zero-order valence-electron chi connectivity index (χ0n) is 15.4. The van der Waals surface area contributed by atoms with Crippen molar-refractivity contribution in [2.24, 2.45) is 5.92 Å². The third kappa shape index (κ3) is 3.57. The number of aryl methyl sites for hydroxylation is 2. The van der Waals surface area contributed by atoms with E-state index >= 15 is 0 Å². The van der Waals surface area contributed by atoms with Crippen molar-refractivity contribution in [3.05, 3.63) is 53.6 Å². The topological polar surface area (TPSA) is 58.6 Å². The fourth-order valence-corrected chi connectivity index (χ4v) is 3.34. The predicted octanol–water partition coefficient (Wildman–Crippen LogP) is 3.56. The lowest BCUT2D eigenvalue weighted by atomic mass is 10.0. The van der Waals surface area contributed by atoms with Gasteiger partial charge < -0.3 is 15.0 Å². The van der Waals surface area contributed by atoms with Gasteiger partial charge in [-0.15, -0.1) is 0 Å². The van der Waals surface area contributed by atoms with Crippen LogP contribution in [0.25, 0.3) is 0 Å². The zero-order valence-corrected chi connectivity index (χ0v) is 15.4. The molecule has 1 fully saturated rings. The molecule has 2 aromatic carbocycles. The molecule has 0 saturated carbocycles. The fraction of sp³-hybridized carbons (Fsp3) is 0.333. The number of benzene rings is 2. The van der Waals surface area contributed by atoms with Gasteiger partial charge in [-0.25, -0.2) is 0 Å². The van der Waals surface area contributed by atoms with Crippen LogP contribution in [0.3, 0.4) is 0 Å². The van der Waals surface area contributed by atoms with Crippen LogP contribution in [-0.2, 0) is 16.0 Å². The average Bonchev–Trinajstić information content (AvgIpc) is 3.05. The maximum atomic E-state index is 12.8. The van der Waals surface area contributed by atoms with E-state index in [4.69, 9.17) is 4.74 Å². The Morgan fingerprint density at radius 3 is 2.77 bits per heavy atom. The molecule has 0 spiro atoms. The van der Waals surface area contributed by atoms with E-state index in [1.165, 1.54) is 0 Å². The number of rotatable bonds is 5. The number of anilines is 2. The van der Waals surface area contributed by atoms with Gasteiger partial charge >= 0.3 is 0 Å². The third-order valence-electron chi connectivity index (χ3n) is 4.85. The highest BCUT2D eigenvalue weighted by Crippen LogP contribution is 2.29. The van der Waals surface area contributed by atoms with Gasteiger partial charge in [0.15, 0.2) is 0 Å². The number of amides is 2. The number of nitrogens with one attached hydrogen (secondary N) is 1. The molecule has 1 saturated heterocycles. The number of para-hydroxylation sites is 1. The third-order valence-corrected chi connectivity index (χ3v) is 4.85. The Morgan fingerprint density at radius 1 is 1.27 bits per heavy atom. The Bertz CT molecular complexity index is 832. The van der Waals surface area contributed by atoms with Crippen molar-refractivity contribution in [1.29, 1.82) is 0 Å². The number of ether oxygens (including phenoxy) is 1. The second-order valence-corrected chi connectivity index (χ2v) is 6.56. The molecule has 1 N–H and O–H groups in total. The highest BCUT2D eigenvalue weighted by atomic mass is 16.5. The monoisotopic (exact) mass is 352 g/mol. The lowest BCUT2D eigenvalue weighted by Crippen LogP contribution is -2.28. The molecule has 0 unspecified atom stereocenters. The van der Waals surface area contributed by atoms with Crippen LogP contribution in [0.5, 0.6) is 5.75 Å². The molecule has 2 amide bonds. The summed E-state index contributed by atoms with van der Waals surface area (Å²) in [5.41, 5.74) is 3.76. The first-order valence-corrected chi connectivity index (χ1v) is 8.87. The summed E-state index contributed by atoms with van der Waals surface area (Å²) < 4.78 is 5.22. The summed E-state index contributed by atoms with van der Waals surface area (Å²) in [5.74, 6) is 0.181.